The predicted octanol–water partition coefficient (Wildman–Crippen LogP) is 2.38. The molecule has 110 valence electrons. The van der Waals surface area contributed by atoms with Gasteiger partial charge in [0, 0.05) is 12.3 Å². The molecule has 0 aromatic carbocycles. The third-order valence-electron chi connectivity index (χ3n) is 3.07. The Kier molecular flexibility index (Phi) is 5.52. The summed E-state index contributed by atoms with van der Waals surface area (Å²) in [4.78, 5) is 19.6. The highest BCUT2D eigenvalue weighted by Crippen LogP contribution is 2.34. The van der Waals surface area contributed by atoms with Crippen molar-refractivity contribution in [2.24, 2.45) is 0 Å². The second kappa shape index (κ2) is 6.92. The fraction of sp³-hybridized carbons (Fsp3) is 0.429. The average molecular weight is 308 g/mol. The number of hydrogen-bond acceptors (Lipinski definition) is 5. The summed E-state index contributed by atoms with van der Waals surface area (Å²) in [5.74, 6) is -0.386. The molecule has 0 saturated carbocycles. The minimum absolute atomic E-state index is 0.134. The van der Waals surface area contributed by atoms with Crippen molar-refractivity contribution in [1.29, 1.82) is 5.26 Å². The number of esters is 1. The van der Waals surface area contributed by atoms with E-state index in [-0.39, 0.29) is 17.3 Å². The Hall–Kier alpha value is -2.31. The molecule has 0 aliphatic carbocycles. The van der Waals surface area contributed by atoms with E-state index in [1.807, 2.05) is 6.07 Å². The van der Waals surface area contributed by atoms with E-state index in [2.05, 4.69) is 9.83 Å². The van der Waals surface area contributed by atoms with E-state index >= 15 is 0 Å². The lowest BCUT2D eigenvalue weighted by atomic mass is 9.79. The molecule has 0 amide bonds. The van der Waals surface area contributed by atoms with Gasteiger partial charge in [-0.2, -0.15) is 5.26 Å². The highest BCUT2D eigenvalue weighted by atomic mass is 35.5. The van der Waals surface area contributed by atoms with Gasteiger partial charge in [-0.05, 0) is 13.8 Å². The van der Waals surface area contributed by atoms with Crippen molar-refractivity contribution in [1.82, 2.24) is 4.98 Å². The van der Waals surface area contributed by atoms with Crippen molar-refractivity contribution in [3.63, 3.8) is 0 Å². The molecule has 0 aliphatic rings. The molecule has 2 unspecified atom stereocenters. The summed E-state index contributed by atoms with van der Waals surface area (Å²) in [6.07, 6.45) is 1.31. The third-order valence-corrected chi connectivity index (χ3v) is 3.35. The minimum atomic E-state index is -1.52. The van der Waals surface area contributed by atoms with E-state index in [1.165, 1.54) is 26.3 Å². The summed E-state index contributed by atoms with van der Waals surface area (Å²) in [6, 6.07) is 1.98. The van der Waals surface area contributed by atoms with Crippen molar-refractivity contribution in [3.05, 3.63) is 34.4 Å². The van der Waals surface area contributed by atoms with Gasteiger partial charge in [0.2, 0.25) is 0 Å². The predicted molar refractivity (Wildman–Crippen MR) is 75.8 cm³/mol. The first-order valence-electron chi connectivity index (χ1n) is 6.09. The normalized spacial score (nSPS) is 14.2. The number of carbonyl (C=O) groups excluding carboxylic acids is 1. The van der Waals surface area contributed by atoms with Crippen LogP contribution in [-0.2, 0) is 14.9 Å². The Bertz CT molecular complexity index is 607. The average Bonchev–Trinajstić information content (AvgIpc) is 2.48. The van der Waals surface area contributed by atoms with Gasteiger partial charge in [-0.25, -0.2) is 6.57 Å². The van der Waals surface area contributed by atoms with E-state index in [1.54, 1.807) is 6.92 Å². The highest BCUT2D eigenvalue weighted by molar-refractivity contribution is 6.31. The molecule has 0 N–H and O–H groups in total. The molecule has 1 aromatic heterocycles. The SMILES string of the molecule is [C-]#[N+]C(C#N)C(C)(C(=O)OCC)c1cc(OC)c(Cl)cn1. The number of halogens is 1. The van der Waals surface area contributed by atoms with Gasteiger partial charge in [0.25, 0.3) is 0 Å². The lowest BCUT2D eigenvalue weighted by Gasteiger charge is -2.24. The quantitative estimate of drug-likeness (QED) is 0.616. The number of rotatable bonds is 5. The third kappa shape index (κ3) is 3.07. The van der Waals surface area contributed by atoms with Crippen LogP contribution >= 0.6 is 11.6 Å². The summed E-state index contributed by atoms with van der Waals surface area (Å²) in [6.45, 7) is 10.4. The smallest absolute Gasteiger partial charge is 0.328 e. The molecule has 0 saturated heterocycles. The zero-order chi connectivity index (χ0) is 16.0. The molecule has 0 aliphatic heterocycles. The molecule has 2 atom stereocenters. The topological polar surface area (TPSA) is 76.6 Å². The van der Waals surface area contributed by atoms with E-state index in [4.69, 9.17) is 32.9 Å². The summed E-state index contributed by atoms with van der Waals surface area (Å²) >= 11 is 5.91. The van der Waals surface area contributed by atoms with Crippen molar-refractivity contribution in [3.8, 4) is 11.8 Å². The van der Waals surface area contributed by atoms with Crippen molar-refractivity contribution in [2.45, 2.75) is 25.3 Å². The van der Waals surface area contributed by atoms with Gasteiger partial charge >= 0.3 is 12.0 Å². The number of nitrogens with zero attached hydrogens (tertiary/aromatic N) is 3. The van der Waals surface area contributed by atoms with Crippen LogP contribution in [-0.4, -0.2) is 30.7 Å². The fourth-order valence-electron chi connectivity index (χ4n) is 1.79. The lowest BCUT2D eigenvalue weighted by molar-refractivity contribution is -0.149. The van der Waals surface area contributed by atoms with Crippen LogP contribution in [0.25, 0.3) is 4.85 Å². The number of ether oxygens (including phenoxy) is 2. The number of pyridine rings is 1. The second-order valence-electron chi connectivity index (χ2n) is 4.29. The molecule has 0 fully saturated rings. The number of carbonyl (C=O) groups is 1. The molecule has 7 heteroatoms. The van der Waals surface area contributed by atoms with Crippen LogP contribution in [0.3, 0.4) is 0 Å². The first kappa shape index (κ1) is 16.7. The van der Waals surface area contributed by atoms with Crippen LogP contribution in [0.15, 0.2) is 12.3 Å². The van der Waals surface area contributed by atoms with E-state index in [9.17, 15) is 4.79 Å². The molecule has 0 radical (unpaired) electrons. The number of aromatic nitrogens is 1. The Labute approximate surface area is 128 Å². The fourth-order valence-corrected chi connectivity index (χ4v) is 1.97. The largest absolute Gasteiger partial charge is 0.495 e. The van der Waals surface area contributed by atoms with Gasteiger partial charge in [-0.15, -0.1) is 0 Å². The zero-order valence-electron chi connectivity index (χ0n) is 11.9. The molecule has 0 bridgehead atoms. The van der Waals surface area contributed by atoms with Gasteiger partial charge in [0.1, 0.15) is 10.8 Å². The van der Waals surface area contributed by atoms with Crippen LogP contribution in [0.1, 0.15) is 19.5 Å². The molecule has 1 aromatic rings. The van der Waals surface area contributed by atoms with Crippen molar-refractivity contribution >= 4 is 17.6 Å². The maximum atomic E-state index is 12.3. The van der Waals surface area contributed by atoms with Crippen LogP contribution in [0.5, 0.6) is 5.75 Å². The molecule has 0 spiro atoms. The summed E-state index contributed by atoms with van der Waals surface area (Å²) < 4.78 is 10.1. The lowest BCUT2D eigenvalue weighted by Crippen LogP contribution is -2.44. The molecular formula is C14H14ClN3O3. The second-order valence-corrected chi connectivity index (χ2v) is 4.69. The van der Waals surface area contributed by atoms with Crippen LogP contribution in [0.4, 0.5) is 0 Å². The van der Waals surface area contributed by atoms with Gasteiger partial charge in [0.05, 0.1) is 19.4 Å². The van der Waals surface area contributed by atoms with Crippen LogP contribution < -0.4 is 4.74 Å². The first-order valence-corrected chi connectivity index (χ1v) is 6.46. The maximum Gasteiger partial charge on any atom is 0.328 e. The Morgan fingerprint density at radius 3 is 2.86 bits per heavy atom. The van der Waals surface area contributed by atoms with Gasteiger partial charge < -0.3 is 9.47 Å². The molecule has 1 rings (SSSR count). The standard InChI is InChI=1S/C14H14ClN3O3/c1-5-21-13(19)14(2,12(7-16)17-3)11-6-10(20-4)9(15)8-18-11/h6,8,12H,5H2,1-2,4H3. The zero-order valence-corrected chi connectivity index (χ0v) is 12.6. The van der Waals surface area contributed by atoms with Crippen LogP contribution in [0, 0.1) is 17.9 Å². The molecule has 1 heterocycles. The van der Waals surface area contributed by atoms with E-state index < -0.39 is 17.4 Å². The summed E-state index contributed by atoms with van der Waals surface area (Å²) in [7, 11) is 1.42. The van der Waals surface area contributed by atoms with Crippen LogP contribution in [0.2, 0.25) is 5.02 Å². The van der Waals surface area contributed by atoms with E-state index in [0.29, 0.717) is 5.75 Å². The van der Waals surface area contributed by atoms with Crippen molar-refractivity contribution in [2.75, 3.05) is 13.7 Å². The monoisotopic (exact) mass is 307 g/mol. The summed E-state index contributed by atoms with van der Waals surface area (Å²) in [5.41, 5.74) is -1.32. The Morgan fingerprint density at radius 1 is 1.71 bits per heavy atom. The maximum absolute atomic E-state index is 12.3. The minimum Gasteiger partial charge on any atom is -0.495 e. The van der Waals surface area contributed by atoms with Gasteiger partial charge in [-0.3, -0.25) is 14.6 Å². The highest BCUT2D eigenvalue weighted by Gasteiger charge is 2.51. The Balaban J connectivity index is 3.48. The molecule has 6 nitrogen and oxygen atoms in total. The number of nitriles is 1. The number of methoxy groups -OCH3 is 1. The van der Waals surface area contributed by atoms with Gasteiger partial charge in [0.15, 0.2) is 11.5 Å². The molecular weight excluding hydrogens is 294 g/mol. The Morgan fingerprint density at radius 2 is 2.38 bits per heavy atom. The van der Waals surface area contributed by atoms with Crippen molar-refractivity contribution < 1.29 is 14.3 Å². The number of hydrogen-bond donors (Lipinski definition) is 0. The summed E-state index contributed by atoms with van der Waals surface area (Å²) in [5, 5.41) is 9.43. The molecule has 21 heavy (non-hydrogen) atoms. The van der Waals surface area contributed by atoms with Gasteiger partial charge in [-0.1, -0.05) is 11.6 Å². The van der Waals surface area contributed by atoms with E-state index in [0.717, 1.165) is 0 Å². The first-order chi connectivity index (χ1) is 9.95.